The molecule has 25 heavy (non-hydrogen) atoms. The predicted molar refractivity (Wildman–Crippen MR) is 88.4 cm³/mol. The van der Waals surface area contributed by atoms with E-state index < -0.39 is 5.97 Å². The van der Waals surface area contributed by atoms with E-state index in [1.54, 1.807) is 19.2 Å². The lowest BCUT2D eigenvalue weighted by Crippen LogP contribution is -2.29. The van der Waals surface area contributed by atoms with Crippen molar-refractivity contribution in [1.29, 1.82) is 0 Å². The van der Waals surface area contributed by atoms with Crippen LogP contribution in [-0.4, -0.2) is 43.4 Å². The summed E-state index contributed by atoms with van der Waals surface area (Å²) >= 11 is 0. The van der Waals surface area contributed by atoms with Gasteiger partial charge in [0.25, 0.3) is 0 Å². The smallest absolute Gasteiger partial charge is 0.306 e. The zero-order valence-corrected chi connectivity index (χ0v) is 14.2. The fourth-order valence-electron chi connectivity index (χ4n) is 3.14. The van der Waals surface area contributed by atoms with Crippen molar-refractivity contribution in [3.05, 3.63) is 23.5 Å². The summed E-state index contributed by atoms with van der Waals surface area (Å²) in [5, 5.41) is 17.0. The Bertz CT molecular complexity index is 802. The van der Waals surface area contributed by atoms with E-state index in [9.17, 15) is 14.7 Å². The van der Waals surface area contributed by atoms with E-state index in [4.69, 9.17) is 4.74 Å². The normalized spacial score (nSPS) is 20.2. The zero-order chi connectivity index (χ0) is 18.0. The quantitative estimate of drug-likeness (QED) is 0.827. The van der Waals surface area contributed by atoms with Crippen molar-refractivity contribution < 1.29 is 19.4 Å². The summed E-state index contributed by atoms with van der Waals surface area (Å²) in [7, 11) is 1.65. The first-order valence-electron chi connectivity index (χ1n) is 8.22. The van der Waals surface area contributed by atoms with Crippen LogP contribution in [0.4, 0.5) is 0 Å². The molecule has 1 aliphatic carbocycles. The molecule has 0 aliphatic heterocycles. The number of carboxylic acid groups (broad SMARTS) is 1. The van der Waals surface area contributed by atoms with Gasteiger partial charge in [0.1, 0.15) is 17.1 Å². The van der Waals surface area contributed by atoms with Crippen molar-refractivity contribution in [1.82, 2.24) is 20.0 Å². The largest absolute Gasteiger partial charge is 0.489 e. The van der Waals surface area contributed by atoms with Gasteiger partial charge < -0.3 is 9.84 Å². The van der Waals surface area contributed by atoms with Crippen molar-refractivity contribution in [3.63, 3.8) is 0 Å². The van der Waals surface area contributed by atoms with Crippen LogP contribution < -0.4 is 4.74 Å². The molecule has 0 bridgehead atoms. The first-order valence-corrected chi connectivity index (χ1v) is 8.22. The number of aldehydes is 1. The van der Waals surface area contributed by atoms with Crippen LogP contribution in [0.2, 0.25) is 0 Å². The van der Waals surface area contributed by atoms with Gasteiger partial charge in [-0.1, -0.05) is 5.21 Å². The SMILES string of the molecule is Cc1nc(-c2nnn(C)c2C=O)ccc1OC1CCCC(C(=O)O)C1. The van der Waals surface area contributed by atoms with E-state index in [1.807, 2.05) is 6.92 Å². The molecule has 0 aromatic carbocycles. The minimum Gasteiger partial charge on any atom is -0.489 e. The Balaban J connectivity index is 1.78. The first-order chi connectivity index (χ1) is 12.0. The molecule has 1 aliphatic rings. The maximum Gasteiger partial charge on any atom is 0.306 e. The number of aromatic nitrogens is 4. The number of aliphatic carboxylic acids is 1. The fourth-order valence-corrected chi connectivity index (χ4v) is 3.14. The second-order valence-corrected chi connectivity index (χ2v) is 6.29. The summed E-state index contributed by atoms with van der Waals surface area (Å²) < 4.78 is 7.38. The maximum absolute atomic E-state index is 11.2. The van der Waals surface area contributed by atoms with Gasteiger partial charge >= 0.3 is 5.97 Å². The molecule has 2 unspecified atom stereocenters. The molecule has 0 spiro atoms. The fraction of sp³-hybridized carbons (Fsp3) is 0.471. The Morgan fingerprint density at radius 2 is 2.20 bits per heavy atom. The highest BCUT2D eigenvalue weighted by Gasteiger charge is 2.28. The van der Waals surface area contributed by atoms with Gasteiger partial charge in [-0.05, 0) is 44.7 Å². The summed E-state index contributed by atoms with van der Waals surface area (Å²) in [6, 6.07) is 3.52. The van der Waals surface area contributed by atoms with Crippen LogP contribution in [0.5, 0.6) is 5.75 Å². The number of carbonyl (C=O) groups is 2. The minimum absolute atomic E-state index is 0.122. The molecule has 2 aromatic rings. The number of nitrogens with zero attached hydrogens (tertiary/aromatic N) is 4. The van der Waals surface area contributed by atoms with Crippen molar-refractivity contribution in [2.45, 2.75) is 38.7 Å². The Hall–Kier alpha value is -2.77. The van der Waals surface area contributed by atoms with Gasteiger partial charge in [-0.25, -0.2) is 9.67 Å². The second kappa shape index (κ2) is 7.00. The van der Waals surface area contributed by atoms with E-state index in [0.717, 1.165) is 12.8 Å². The van der Waals surface area contributed by atoms with Crippen LogP contribution >= 0.6 is 0 Å². The second-order valence-electron chi connectivity index (χ2n) is 6.29. The molecule has 8 heteroatoms. The van der Waals surface area contributed by atoms with E-state index in [2.05, 4.69) is 15.3 Å². The number of carboxylic acids is 1. The Labute approximate surface area is 144 Å². The molecule has 3 rings (SSSR count). The molecule has 0 saturated heterocycles. The number of ether oxygens (including phenoxy) is 1. The van der Waals surface area contributed by atoms with Crippen LogP contribution in [-0.2, 0) is 11.8 Å². The van der Waals surface area contributed by atoms with Crippen molar-refractivity contribution in [2.24, 2.45) is 13.0 Å². The number of rotatable bonds is 5. The van der Waals surface area contributed by atoms with Crippen molar-refractivity contribution in [3.8, 4) is 17.1 Å². The van der Waals surface area contributed by atoms with Crippen LogP contribution in [0.1, 0.15) is 41.9 Å². The maximum atomic E-state index is 11.2. The van der Waals surface area contributed by atoms with Crippen LogP contribution in [0.3, 0.4) is 0 Å². The molecule has 1 N–H and O–H groups in total. The van der Waals surface area contributed by atoms with E-state index in [0.29, 0.717) is 47.7 Å². The summed E-state index contributed by atoms with van der Waals surface area (Å²) in [6.07, 6.45) is 3.47. The monoisotopic (exact) mass is 344 g/mol. The summed E-state index contributed by atoms with van der Waals surface area (Å²) in [5.74, 6) is -0.486. The van der Waals surface area contributed by atoms with Gasteiger partial charge in [0.15, 0.2) is 6.29 Å². The molecule has 2 heterocycles. The van der Waals surface area contributed by atoms with Crippen molar-refractivity contribution >= 4 is 12.3 Å². The lowest BCUT2D eigenvalue weighted by atomic mass is 9.87. The topological polar surface area (TPSA) is 107 Å². The van der Waals surface area contributed by atoms with Gasteiger partial charge in [-0.3, -0.25) is 9.59 Å². The van der Waals surface area contributed by atoms with E-state index in [1.165, 1.54) is 4.68 Å². The van der Waals surface area contributed by atoms with Crippen LogP contribution in [0.15, 0.2) is 12.1 Å². The summed E-state index contributed by atoms with van der Waals surface area (Å²) in [4.78, 5) is 26.8. The molecule has 1 saturated carbocycles. The molecule has 8 nitrogen and oxygen atoms in total. The number of carbonyl (C=O) groups excluding carboxylic acids is 1. The van der Waals surface area contributed by atoms with Crippen LogP contribution in [0.25, 0.3) is 11.4 Å². The molecule has 2 atom stereocenters. The molecule has 0 radical (unpaired) electrons. The summed E-state index contributed by atoms with van der Waals surface area (Å²) in [5.41, 5.74) is 2.00. The van der Waals surface area contributed by atoms with Gasteiger partial charge in [0.2, 0.25) is 0 Å². The predicted octanol–water partition coefficient (Wildman–Crippen LogP) is 2.02. The van der Waals surface area contributed by atoms with Gasteiger partial charge in [-0.2, -0.15) is 0 Å². The molecule has 132 valence electrons. The highest BCUT2D eigenvalue weighted by Crippen LogP contribution is 2.30. The third kappa shape index (κ3) is 3.52. The Kier molecular flexibility index (Phi) is 4.78. The van der Waals surface area contributed by atoms with Crippen molar-refractivity contribution in [2.75, 3.05) is 0 Å². The molecule has 2 aromatic heterocycles. The lowest BCUT2D eigenvalue weighted by Gasteiger charge is -2.27. The van der Waals surface area contributed by atoms with Crippen LogP contribution in [0, 0.1) is 12.8 Å². The third-order valence-corrected chi connectivity index (χ3v) is 4.53. The van der Waals surface area contributed by atoms with Gasteiger partial charge in [-0.15, -0.1) is 5.10 Å². The standard InChI is InChI=1S/C17H20N4O4/c1-10-15(25-12-5-3-4-11(8-12)17(23)24)7-6-13(18-10)16-14(9-22)21(2)20-19-16/h6-7,9,11-12H,3-5,8H2,1-2H3,(H,23,24). The van der Waals surface area contributed by atoms with E-state index in [-0.39, 0.29) is 12.0 Å². The minimum atomic E-state index is -0.762. The van der Waals surface area contributed by atoms with Gasteiger partial charge in [0.05, 0.1) is 23.4 Å². The number of pyridine rings is 1. The molecule has 1 fully saturated rings. The number of hydrogen-bond acceptors (Lipinski definition) is 6. The zero-order valence-electron chi connectivity index (χ0n) is 14.2. The number of hydrogen-bond donors (Lipinski definition) is 1. The molecule has 0 amide bonds. The lowest BCUT2D eigenvalue weighted by molar-refractivity contribution is -0.143. The van der Waals surface area contributed by atoms with E-state index >= 15 is 0 Å². The number of aryl methyl sites for hydroxylation is 2. The average molecular weight is 344 g/mol. The molecular formula is C17H20N4O4. The highest BCUT2D eigenvalue weighted by atomic mass is 16.5. The highest BCUT2D eigenvalue weighted by molar-refractivity contribution is 5.82. The molecular weight excluding hydrogens is 324 g/mol. The first kappa shape index (κ1) is 17.1. The average Bonchev–Trinajstić information content (AvgIpc) is 2.97. The Morgan fingerprint density at radius 3 is 2.88 bits per heavy atom. The van der Waals surface area contributed by atoms with Gasteiger partial charge in [0, 0.05) is 7.05 Å². The Morgan fingerprint density at radius 1 is 1.40 bits per heavy atom. The third-order valence-electron chi connectivity index (χ3n) is 4.53. The summed E-state index contributed by atoms with van der Waals surface area (Å²) in [6.45, 7) is 1.81.